The minimum absolute atomic E-state index is 0.0172. The molecule has 1 unspecified atom stereocenters. The number of hydrogen-bond donors (Lipinski definition) is 0. The van der Waals surface area contributed by atoms with Gasteiger partial charge in [-0.15, -0.1) is 0 Å². The number of carbonyl (C=O) groups is 1. The maximum atomic E-state index is 12.6. The van der Waals surface area contributed by atoms with Gasteiger partial charge >= 0.3 is 0 Å². The number of hydrogen-bond acceptors (Lipinski definition) is 4. The highest BCUT2D eigenvalue weighted by atomic mass is 32.2. The molecule has 3 rings (SSSR count). The van der Waals surface area contributed by atoms with Crippen LogP contribution in [0, 0.1) is 0 Å². The van der Waals surface area contributed by atoms with Crippen LogP contribution in [0.5, 0.6) is 0 Å². The molecule has 0 bridgehead atoms. The van der Waals surface area contributed by atoms with Gasteiger partial charge in [0.1, 0.15) is 0 Å². The maximum Gasteiger partial charge on any atom is 0.254 e. The highest BCUT2D eigenvalue weighted by Crippen LogP contribution is 2.31. The first-order valence-corrected chi connectivity index (χ1v) is 9.22. The van der Waals surface area contributed by atoms with E-state index in [0.29, 0.717) is 44.0 Å². The molecule has 2 aliphatic rings. The maximum absolute atomic E-state index is 12.6. The van der Waals surface area contributed by atoms with Crippen molar-refractivity contribution in [2.24, 2.45) is 0 Å². The van der Waals surface area contributed by atoms with Crippen LogP contribution in [0.4, 0.5) is 5.69 Å². The fraction of sp³-hybridized carbons (Fsp3) is 0.533. The number of benzene rings is 1. The van der Waals surface area contributed by atoms with Crippen LogP contribution in [0.25, 0.3) is 0 Å². The van der Waals surface area contributed by atoms with E-state index < -0.39 is 10.0 Å². The lowest BCUT2D eigenvalue weighted by Crippen LogP contribution is -2.47. The molecule has 1 aromatic rings. The van der Waals surface area contributed by atoms with Crippen molar-refractivity contribution in [3.63, 3.8) is 0 Å². The molecule has 0 saturated carbocycles. The molecule has 0 aliphatic carbocycles. The Hall–Kier alpha value is -1.60. The molecule has 6 nitrogen and oxygen atoms in total. The molecule has 1 atom stereocenters. The molecule has 0 radical (unpaired) electrons. The largest absolute Gasteiger partial charge is 0.377 e. The minimum atomic E-state index is -3.26. The number of amides is 1. The van der Waals surface area contributed by atoms with Gasteiger partial charge in [0.2, 0.25) is 10.0 Å². The van der Waals surface area contributed by atoms with Gasteiger partial charge in [-0.05, 0) is 37.1 Å². The van der Waals surface area contributed by atoms with E-state index in [9.17, 15) is 13.2 Å². The molecule has 1 aromatic carbocycles. The summed E-state index contributed by atoms with van der Waals surface area (Å²) in [6.07, 6.45) is 1.85. The second kappa shape index (κ2) is 5.55. The Kier molecular flexibility index (Phi) is 3.86. The van der Waals surface area contributed by atoms with Crippen LogP contribution in [0.1, 0.15) is 22.8 Å². The molecule has 1 saturated heterocycles. The van der Waals surface area contributed by atoms with Crippen LogP contribution < -0.4 is 4.31 Å². The summed E-state index contributed by atoms with van der Waals surface area (Å²) in [5, 5.41) is 0. The van der Waals surface area contributed by atoms with Crippen LogP contribution in [0.3, 0.4) is 0 Å². The van der Waals surface area contributed by atoms with E-state index in [1.54, 1.807) is 12.1 Å². The molecule has 0 spiro atoms. The molecular weight excluding hydrogens is 304 g/mol. The quantitative estimate of drug-likeness (QED) is 0.809. The first-order chi connectivity index (χ1) is 10.4. The lowest BCUT2D eigenvalue weighted by Gasteiger charge is -2.33. The first-order valence-electron chi connectivity index (χ1n) is 7.37. The van der Waals surface area contributed by atoms with E-state index in [2.05, 4.69) is 0 Å². The molecule has 7 heteroatoms. The van der Waals surface area contributed by atoms with Crippen LogP contribution >= 0.6 is 0 Å². The van der Waals surface area contributed by atoms with Crippen molar-refractivity contribution in [2.45, 2.75) is 19.4 Å². The smallest absolute Gasteiger partial charge is 0.254 e. The highest BCUT2D eigenvalue weighted by Gasteiger charge is 2.29. The van der Waals surface area contributed by atoms with Crippen molar-refractivity contribution in [1.29, 1.82) is 0 Å². The fourth-order valence-corrected chi connectivity index (χ4v) is 4.00. The highest BCUT2D eigenvalue weighted by molar-refractivity contribution is 7.92. The van der Waals surface area contributed by atoms with E-state index in [4.69, 9.17) is 4.74 Å². The Bertz CT molecular complexity index is 701. The van der Waals surface area contributed by atoms with Gasteiger partial charge in [0.25, 0.3) is 5.91 Å². The predicted molar refractivity (Wildman–Crippen MR) is 83.7 cm³/mol. The van der Waals surface area contributed by atoms with Crippen molar-refractivity contribution in [2.75, 3.05) is 36.9 Å². The van der Waals surface area contributed by atoms with E-state index in [-0.39, 0.29) is 11.9 Å². The van der Waals surface area contributed by atoms with Crippen LogP contribution in [0.2, 0.25) is 0 Å². The summed E-state index contributed by atoms with van der Waals surface area (Å²) in [7, 11) is -3.26. The normalized spacial score (nSPS) is 21.8. The Morgan fingerprint density at radius 2 is 2.09 bits per heavy atom. The topological polar surface area (TPSA) is 66.9 Å². The van der Waals surface area contributed by atoms with Crippen LogP contribution in [-0.2, 0) is 21.2 Å². The molecule has 1 fully saturated rings. The van der Waals surface area contributed by atoms with Gasteiger partial charge < -0.3 is 9.64 Å². The Morgan fingerprint density at radius 1 is 1.32 bits per heavy atom. The molecule has 120 valence electrons. The summed E-state index contributed by atoms with van der Waals surface area (Å²) < 4.78 is 30.2. The molecule has 1 amide bonds. The number of fused-ring (bicyclic) bond motifs is 1. The van der Waals surface area contributed by atoms with E-state index >= 15 is 0 Å². The Balaban J connectivity index is 1.87. The molecular formula is C15H20N2O4S. The van der Waals surface area contributed by atoms with E-state index in [1.165, 1.54) is 10.6 Å². The number of nitrogens with zero attached hydrogens (tertiary/aromatic N) is 2. The van der Waals surface area contributed by atoms with Crippen molar-refractivity contribution in [1.82, 2.24) is 4.90 Å². The van der Waals surface area contributed by atoms with Crippen molar-refractivity contribution in [3.05, 3.63) is 29.3 Å². The number of morpholine rings is 1. The van der Waals surface area contributed by atoms with E-state index in [0.717, 1.165) is 5.56 Å². The van der Waals surface area contributed by atoms with Crippen molar-refractivity contribution >= 4 is 21.6 Å². The summed E-state index contributed by atoms with van der Waals surface area (Å²) in [6.45, 7) is 4.11. The Morgan fingerprint density at radius 3 is 2.77 bits per heavy atom. The third-order valence-electron chi connectivity index (χ3n) is 4.21. The number of rotatable bonds is 2. The summed E-state index contributed by atoms with van der Waals surface area (Å²) in [5.41, 5.74) is 2.22. The number of ether oxygens (including phenoxy) is 1. The summed E-state index contributed by atoms with van der Waals surface area (Å²) >= 11 is 0. The lowest BCUT2D eigenvalue weighted by atomic mass is 10.1. The third-order valence-corrected chi connectivity index (χ3v) is 5.39. The van der Waals surface area contributed by atoms with Gasteiger partial charge in [-0.1, -0.05) is 0 Å². The summed E-state index contributed by atoms with van der Waals surface area (Å²) in [6, 6.07) is 5.33. The zero-order valence-electron chi connectivity index (χ0n) is 12.8. The SMILES string of the molecule is CC1COCCN1C(=O)c1ccc2c(c1)CCN2S(C)(=O)=O. The van der Waals surface area contributed by atoms with Gasteiger partial charge in [-0.3, -0.25) is 9.10 Å². The van der Waals surface area contributed by atoms with Gasteiger partial charge in [-0.25, -0.2) is 8.42 Å². The van der Waals surface area contributed by atoms with Crippen molar-refractivity contribution < 1.29 is 17.9 Å². The second-order valence-corrected chi connectivity index (χ2v) is 7.76. The molecule has 0 N–H and O–H groups in total. The number of sulfonamides is 1. The second-order valence-electron chi connectivity index (χ2n) is 5.85. The minimum Gasteiger partial charge on any atom is -0.377 e. The monoisotopic (exact) mass is 324 g/mol. The molecule has 2 heterocycles. The van der Waals surface area contributed by atoms with Gasteiger partial charge in [0.05, 0.1) is 31.2 Å². The summed E-state index contributed by atoms with van der Waals surface area (Å²) in [5.74, 6) is -0.0172. The molecule has 0 aromatic heterocycles. The molecule has 2 aliphatic heterocycles. The average molecular weight is 324 g/mol. The summed E-state index contributed by atoms with van der Waals surface area (Å²) in [4.78, 5) is 14.4. The van der Waals surface area contributed by atoms with Crippen molar-refractivity contribution in [3.8, 4) is 0 Å². The average Bonchev–Trinajstić information content (AvgIpc) is 2.90. The fourth-order valence-electron chi connectivity index (χ4n) is 3.04. The predicted octanol–water partition coefficient (Wildman–Crippen LogP) is 0.870. The first kappa shape index (κ1) is 15.3. The zero-order valence-corrected chi connectivity index (χ0v) is 13.6. The molecule has 22 heavy (non-hydrogen) atoms. The third kappa shape index (κ3) is 2.70. The zero-order chi connectivity index (χ0) is 15.9. The Labute approximate surface area is 130 Å². The lowest BCUT2D eigenvalue weighted by molar-refractivity contribution is 0.00359. The van der Waals surface area contributed by atoms with Crippen LogP contribution in [-0.4, -0.2) is 57.8 Å². The van der Waals surface area contributed by atoms with Gasteiger partial charge in [0, 0.05) is 18.7 Å². The van der Waals surface area contributed by atoms with Gasteiger partial charge in [0.15, 0.2) is 0 Å². The standard InChI is InChI=1S/C15H20N2O4S/c1-11-10-21-8-7-16(11)15(18)13-3-4-14-12(9-13)5-6-17(14)22(2,19)20/h3-4,9,11H,5-8,10H2,1-2H3. The van der Waals surface area contributed by atoms with Gasteiger partial charge in [-0.2, -0.15) is 0 Å². The number of carbonyl (C=O) groups excluding carboxylic acids is 1. The van der Waals surface area contributed by atoms with E-state index in [1.807, 2.05) is 17.9 Å². The van der Waals surface area contributed by atoms with Crippen LogP contribution in [0.15, 0.2) is 18.2 Å². The number of anilines is 1.